The van der Waals surface area contributed by atoms with Crippen LogP contribution in [0.3, 0.4) is 0 Å². The Morgan fingerprint density at radius 3 is 2.92 bits per heavy atom. The molecule has 0 saturated heterocycles. The first-order chi connectivity index (χ1) is 12.4. The van der Waals surface area contributed by atoms with Crippen LogP contribution >= 0.6 is 0 Å². The van der Waals surface area contributed by atoms with Gasteiger partial charge in [-0.3, -0.25) is 15.2 Å². The lowest BCUT2D eigenvalue weighted by molar-refractivity contribution is 1.09. The Kier molecular flexibility index (Phi) is 2.93. The number of benzene rings is 1. The topological polar surface area (TPSA) is 108 Å². The molecule has 0 spiro atoms. The van der Waals surface area contributed by atoms with E-state index < -0.39 is 0 Å². The van der Waals surface area contributed by atoms with Gasteiger partial charge in [-0.15, -0.1) is 0 Å². The van der Waals surface area contributed by atoms with Gasteiger partial charge in [-0.2, -0.15) is 10.2 Å². The summed E-state index contributed by atoms with van der Waals surface area (Å²) < 4.78 is 0. The smallest absolute Gasteiger partial charge is 0.186 e. The molecule has 4 heterocycles. The molecule has 0 radical (unpaired) electrons. The number of nitrogens with one attached hydrogen (secondary N) is 3. The van der Waals surface area contributed by atoms with E-state index in [1.165, 1.54) is 6.33 Å². The van der Waals surface area contributed by atoms with Crippen molar-refractivity contribution in [3.05, 3.63) is 55.2 Å². The number of rotatable bonds is 3. The van der Waals surface area contributed by atoms with Crippen LogP contribution < -0.4 is 5.32 Å². The Labute approximate surface area is 141 Å². The number of aromatic amines is 2. The zero-order chi connectivity index (χ0) is 16.6. The van der Waals surface area contributed by atoms with E-state index in [0.29, 0.717) is 11.5 Å². The van der Waals surface area contributed by atoms with Gasteiger partial charge in [0.2, 0.25) is 0 Å². The van der Waals surface area contributed by atoms with Crippen molar-refractivity contribution < 1.29 is 0 Å². The number of nitrogens with zero attached hydrogens (tertiary/aromatic N) is 5. The number of anilines is 2. The zero-order valence-electron chi connectivity index (χ0n) is 12.9. The molecule has 0 saturated carbocycles. The van der Waals surface area contributed by atoms with E-state index in [0.717, 1.165) is 33.2 Å². The van der Waals surface area contributed by atoms with Crippen LogP contribution in [0.1, 0.15) is 0 Å². The van der Waals surface area contributed by atoms with Crippen LogP contribution in [0.5, 0.6) is 0 Å². The minimum Gasteiger partial charge on any atom is -0.339 e. The predicted molar refractivity (Wildman–Crippen MR) is 94.3 cm³/mol. The maximum atomic E-state index is 4.40. The third-order valence-electron chi connectivity index (χ3n) is 4.00. The van der Waals surface area contributed by atoms with E-state index in [1.807, 2.05) is 30.3 Å². The largest absolute Gasteiger partial charge is 0.339 e. The molecule has 8 nitrogen and oxygen atoms in total. The lowest BCUT2D eigenvalue weighted by Gasteiger charge is -2.07. The standard InChI is InChI=1S/C17H12N8/c1-2-10(7-18-5-1)15-14-16(19-9-20-17(14)25-24-15)22-12-3-4-13-11(6-12)8-21-23-13/h1-9H,(H,21,23)(H2,19,20,22,24,25). The number of aromatic nitrogens is 7. The number of pyridine rings is 1. The van der Waals surface area contributed by atoms with Gasteiger partial charge < -0.3 is 5.32 Å². The van der Waals surface area contributed by atoms with Crippen molar-refractivity contribution in [3.63, 3.8) is 0 Å². The molecular formula is C17H12N8. The summed E-state index contributed by atoms with van der Waals surface area (Å²) >= 11 is 0. The molecule has 0 bridgehead atoms. The van der Waals surface area contributed by atoms with Crippen LogP contribution in [0.4, 0.5) is 11.5 Å². The third kappa shape index (κ3) is 2.27. The van der Waals surface area contributed by atoms with Crippen molar-refractivity contribution in [2.24, 2.45) is 0 Å². The van der Waals surface area contributed by atoms with Gasteiger partial charge in [0.15, 0.2) is 5.65 Å². The van der Waals surface area contributed by atoms with E-state index in [4.69, 9.17) is 0 Å². The quantitative estimate of drug-likeness (QED) is 0.470. The van der Waals surface area contributed by atoms with Crippen molar-refractivity contribution >= 4 is 33.4 Å². The first-order valence-electron chi connectivity index (χ1n) is 7.68. The first-order valence-corrected chi connectivity index (χ1v) is 7.68. The number of H-pyrrole nitrogens is 2. The molecule has 0 unspecified atom stereocenters. The van der Waals surface area contributed by atoms with E-state index in [1.54, 1.807) is 18.6 Å². The summed E-state index contributed by atoms with van der Waals surface area (Å²) in [5, 5.41) is 19.5. The molecule has 120 valence electrons. The van der Waals surface area contributed by atoms with Crippen molar-refractivity contribution in [1.82, 2.24) is 35.3 Å². The van der Waals surface area contributed by atoms with Gasteiger partial charge in [0, 0.05) is 29.0 Å². The molecule has 0 atom stereocenters. The van der Waals surface area contributed by atoms with Gasteiger partial charge in [0.25, 0.3) is 0 Å². The summed E-state index contributed by atoms with van der Waals surface area (Å²) in [6.07, 6.45) is 6.79. The number of hydrogen-bond donors (Lipinski definition) is 3. The second-order valence-electron chi connectivity index (χ2n) is 5.56. The molecule has 25 heavy (non-hydrogen) atoms. The van der Waals surface area contributed by atoms with Gasteiger partial charge in [-0.25, -0.2) is 9.97 Å². The maximum Gasteiger partial charge on any atom is 0.186 e. The molecule has 0 aliphatic heterocycles. The number of fused-ring (bicyclic) bond motifs is 2. The summed E-state index contributed by atoms with van der Waals surface area (Å²) in [5.74, 6) is 0.681. The van der Waals surface area contributed by atoms with Crippen LogP contribution in [0, 0.1) is 0 Å². The SMILES string of the molecule is c1cncc(-c2[nH]nc3ncnc(Nc4ccc5[nH]ncc5c4)c23)c1. The van der Waals surface area contributed by atoms with Crippen molar-refractivity contribution in [2.75, 3.05) is 5.32 Å². The normalized spacial score (nSPS) is 11.2. The summed E-state index contributed by atoms with van der Waals surface area (Å²) in [4.78, 5) is 12.8. The van der Waals surface area contributed by atoms with Crippen molar-refractivity contribution in [3.8, 4) is 11.3 Å². The van der Waals surface area contributed by atoms with Crippen LogP contribution in [0.15, 0.2) is 55.2 Å². The van der Waals surface area contributed by atoms with E-state index in [2.05, 4.69) is 40.7 Å². The molecule has 5 rings (SSSR count). The van der Waals surface area contributed by atoms with E-state index in [-0.39, 0.29) is 0 Å². The summed E-state index contributed by atoms with van der Waals surface area (Å²) in [5.41, 5.74) is 4.24. The van der Waals surface area contributed by atoms with Crippen LogP contribution in [0.2, 0.25) is 0 Å². The molecule has 0 aliphatic rings. The fourth-order valence-corrected chi connectivity index (χ4v) is 2.83. The highest BCUT2D eigenvalue weighted by atomic mass is 15.2. The van der Waals surface area contributed by atoms with Gasteiger partial charge in [0.05, 0.1) is 22.8 Å². The Morgan fingerprint density at radius 1 is 1.00 bits per heavy atom. The Hall–Kier alpha value is -3.81. The Balaban J connectivity index is 1.64. The van der Waals surface area contributed by atoms with Gasteiger partial charge >= 0.3 is 0 Å². The summed E-state index contributed by atoms with van der Waals surface area (Å²) in [7, 11) is 0. The van der Waals surface area contributed by atoms with Gasteiger partial charge in [-0.05, 0) is 30.3 Å². The lowest BCUT2D eigenvalue weighted by atomic mass is 10.1. The van der Waals surface area contributed by atoms with Crippen LogP contribution in [-0.2, 0) is 0 Å². The Morgan fingerprint density at radius 2 is 2.00 bits per heavy atom. The summed E-state index contributed by atoms with van der Waals surface area (Å²) in [6.45, 7) is 0. The highest BCUT2D eigenvalue weighted by Crippen LogP contribution is 2.31. The number of hydrogen-bond acceptors (Lipinski definition) is 6. The Bertz CT molecular complexity index is 1180. The van der Waals surface area contributed by atoms with Gasteiger partial charge in [0.1, 0.15) is 12.1 Å². The average molecular weight is 328 g/mol. The van der Waals surface area contributed by atoms with Crippen molar-refractivity contribution in [1.29, 1.82) is 0 Å². The molecule has 8 heteroatoms. The molecule has 5 aromatic rings. The fraction of sp³-hybridized carbons (Fsp3) is 0. The van der Waals surface area contributed by atoms with Crippen LogP contribution in [-0.4, -0.2) is 35.3 Å². The highest BCUT2D eigenvalue weighted by molar-refractivity contribution is 5.99. The molecule has 3 N–H and O–H groups in total. The summed E-state index contributed by atoms with van der Waals surface area (Å²) in [6, 6.07) is 9.80. The van der Waals surface area contributed by atoms with Crippen molar-refractivity contribution in [2.45, 2.75) is 0 Å². The monoisotopic (exact) mass is 328 g/mol. The first kappa shape index (κ1) is 13.6. The van der Waals surface area contributed by atoms with Gasteiger partial charge in [-0.1, -0.05) is 0 Å². The highest BCUT2D eigenvalue weighted by Gasteiger charge is 2.14. The average Bonchev–Trinajstić information content (AvgIpc) is 3.29. The second kappa shape index (κ2) is 5.38. The van der Waals surface area contributed by atoms with E-state index >= 15 is 0 Å². The molecular weight excluding hydrogens is 316 g/mol. The molecule has 0 fully saturated rings. The predicted octanol–water partition coefficient (Wildman–Crippen LogP) is 3.03. The van der Waals surface area contributed by atoms with E-state index in [9.17, 15) is 0 Å². The maximum absolute atomic E-state index is 4.40. The minimum atomic E-state index is 0.598. The zero-order valence-corrected chi connectivity index (χ0v) is 12.9. The fourth-order valence-electron chi connectivity index (χ4n) is 2.83. The molecule has 1 aromatic carbocycles. The molecule has 0 amide bonds. The molecule has 0 aliphatic carbocycles. The minimum absolute atomic E-state index is 0.598. The lowest BCUT2D eigenvalue weighted by Crippen LogP contribution is -1.96. The van der Waals surface area contributed by atoms with Crippen LogP contribution in [0.25, 0.3) is 33.2 Å². The second-order valence-corrected chi connectivity index (χ2v) is 5.56. The molecule has 4 aromatic heterocycles. The third-order valence-corrected chi connectivity index (χ3v) is 4.00.